The topological polar surface area (TPSA) is 22.1 Å². The number of alkyl halides is 3. The van der Waals surface area contributed by atoms with Gasteiger partial charge in [-0.3, -0.25) is 0 Å². The van der Waals surface area contributed by atoms with Crippen LogP contribution in [0.3, 0.4) is 0 Å². The van der Waals surface area contributed by atoms with Gasteiger partial charge in [0.15, 0.2) is 6.10 Å². The van der Waals surface area contributed by atoms with Crippen molar-refractivity contribution >= 4 is 11.6 Å². The summed E-state index contributed by atoms with van der Waals surface area (Å²) < 4.78 is 40.9. The molecule has 0 saturated heterocycles. The van der Waals surface area contributed by atoms with E-state index in [1.54, 1.807) is 12.1 Å². The second-order valence-electron chi connectivity index (χ2n) is 2.95. The fraction of sp³-hybridized carbons (Fsp3) is 0.444. The summed E-state index contributed by atoms with van der Waals surface area (Å²) >= 11 is 5.65. The third-order valence-electron chi connectivity index (χ3n) is 1.79. The average Bonchev–Trinajstić information content (AvgIpc) is 2.14. The summed E-state index contributed by atoms with van der Waals surface area (Å²) in [6.07, 6.45) is -4.71. The highest BCUT2D eigenvalue weighted by Crippen LogP contribution is 2.24. The van der Waals surface area contributed by atoms with E-state index in [0.29, 0.717) is 5.56 Å². The van der Waals surface area contributed by atoms with Gasteiger partial charge < -0.3 is 4.74 Å². The van der Waals surface area contributed by atoms with Gasteiger partial charge in [-0.25, -0.2) is 4.98 Å². The van der Waals surface area contributed by atoms with Crippen molar-refractivity contribution in [3.05, 3.63) is 29.0 Å². The van der Waals surface area contributed by atoms with Crippen LogP contribution < -0.4 is 0 Å². The zero-order valence-corrected chi connectivity index (χ0v) is 8.64. The molecule has 1 atom stereocenters. The first kappa shape index (κ1) is 12.3. The summed E-state index contributed by atoms with van der Waals surface area (Å²) in [6, 6.07) is 3.15. The summed E-state index contributed by atoms with van der Waals surface area (Å²) in [5.41, 5.74) is 0.440. The Morgan fingerprint density at radius 2 is 2.20 bits per heavy atom. The van der Waals surface area contributed by atoms with Crippen molar-refractivity contribution in [2.45, 2.75) is 25.8 Å². The fourth-order valence-electron chi connectivity index (χ4n) is 0.836. The first-order valence-electron chi connectivity index (χ1n) is 4.19. The van der Waals surface area contributed by atoms with Gasteiger partial charge in [0.2, 0.25) is 0 Å². The molecule has 0 spiro atoms. The largest absolute Gasteiger partial charge is 0.414 e. The van der Waals surface area contributed by atoms with Crippen LogP contribution in [0.2, 0.25) is 5.15 Å². The fourth-order valence-corrected chi connectivity index (χ4v) is 1.01. The molecule has 0 bridgehead atoms. The molecule has 0 amide bonds. The lowest BCUT2D eigenvalue weighted by Gasteiger charge is -2.16. The van der Waals surface area contributed by atoms with E-state index in [1.807, 2.05) is 0 Å². The van der Waals surface area contributed by atoms with E-state index in [-0.39, 0.29) is 11.8 Å². The molecule has 1 unspecified atom stereocenters. The molecule has 0 aliphatic heterocycles. The predicted octanol–water partition coefficient (Wildman–Crippen LogP) is 3.20. The van der Waals surface area contributed by atoms with Crippen LogP contribution in [-0.4, -0.2) is 17.3 Å². The van der Waals surface area contributed by atoms with Crippen LogP contribution >= 0.6 is 11.6 Å². The maximum atomic E-state index is 12.1. The summed E-state index contributed by atoms with van der Waals surface area (Å²) in [5, 5.41) is 0.159. The van der Waals surface area contributed by atoms with E-state index < -0.39 is 12.3 Å². The maximum absolute atomic E-state index is 12.1. The van der Waals surface area contributed by atoms with Crippen molar-refractivity contribution in [1.29, 1.82) is 0 Å². The number of nitrogens with zero attached hydrogens (tertiary/aromatic N) is 1. The molecular formula is C9H9ClF3NO. The van der Waals surface area contributed by atoms with E-state index in [9.17, 15) is 13.2 Å². The lowest BCUT2D eigenvalue weighted by Crippen LogP contribution is -2.28. The number of hydrogen-bond acceptors (Lipinski definition) is 2. The lowest BCUT2D eigenvalue weighted by molar-refractivity contribution is -0.217. The molecule has 0 aromatic carbocycles. The quantitative estimate of drug-likeness (QED) is 0.756. The highest BCUT2D eigenvalue weighted by molar-refractivity contribution is 6.30. The Labute approximate surface area is 90.0 Å². The molecule has 0 aliphatic rings. The maximum Gasteiger partial charge on any atom is 0.414 e. The number of rotatable bonds is 3. The number of pyridine rings is 1. The molecule has 6 heteroatoms. The molecular weight excluding hydrogens is 231 g/mol. The van der Waals surface area contributed by atoms with E-state index in [0.717, 1.165) is 6.92 Å². The Hall–Kier alpha value is -0.810. The van der Waals surface area contributed by atoms with E-state index in [2.05, 4.69) is 9.72 Å². The predicted molar refractivity (Wildman–Crippen MR) is 49.6 cm³/mol. The molecule has 0 N–H and O–H groups in total. The van der Waals surface area contributed by atoms with Gasteiger partial charge in [0.25, 0.3) is 0 Å². The summed E-state index contributed by atoms with van der Waals surface area (Å²) in [6.45, 7) is 0.748. The van der Waals surface area contributed by atoms with Gasteiger partial charge >= 0.3 is 6.18 Å². The Morgan fingerprint density at radius 1 is 1.53 bits per heavy atom. The molecule has 2 nitrogen and oxygen atoms in total. The summed E-state index contributed by atoms with van der Waals surface area (Å²) in [7, 11) is 0. The van der Waals surface area contributed by atoms with Gasteiger partial charge in [-0.1, -0.05) is 17.7 Å². The molecule has 0 saturated carbocycles. The number of halogens is 4. The Bertz CT molecular complexity index is 329. The normalized spacial score (nSPS) is 13.9. The molecule has 1 aromatic heterocycles. The van der Waals surface area contributed by atoms with Crippen LogP contribution in [-0.2, 0) is 11.3 Å². The molecule has 1 aromatic rings. The van der Waals surface area contributed by atoms with E-state index in [4.69, 9.17) is 11.6 Å². The zero-order chi connectivity index (χ0) is 11.5. The van der Waals surface area contributed by atoms with Crippen molar-refractivity contribution < 1.29 is 17.9 Å². The van der Waals surface area contributed by atoms with Gasteiger partial charge in [0, 0.05) is 11.8 Å². The number of aromatic nitrogens is 1. The van der Waals surface area contributed by atoms with Crippen LogP contribution in [0.25, 0.3) is 0 Å². The van der Waals surface area contributed by atoms with Crippen LogP contribution in [0.4, 0.5) is 13.2 Å². The molecule has 1 heterocycles. The number of hydrogen-bond donors (Lipinski definition) is 0. The van der Waals surface area contributed by atoms with Crippen LogP contribution in [0.15, 0.2) is 18.3 Å². The molecule has 0 aliphatic carbocycles. The third-order valence-corrected chi connectivity index (χ3v) is 2.13. The van der Waals surface area contributed by atoms with Crippen molar-refractivity contribution in [2.75, 3.05) is 0 Å². The zero-order valence-electron chi connectivity index (χ0n) is 7.88. The van der Waals surface area contributed by atoms with E-state index in [1.165, 1.54) is 6.20 Å². The minimum atomic E-state index is -4.35. The number of ether oxygens (including phenoxy) is 1. The Balaban J connectivity index is 2.55. The second-order valence-corrected chi connectivity index (χ2v) is 3.31. The van der Waals surface area contributed by atoms with E-state index >= 15 is 0 Å². The van der Waals surface area contributed by atoms with Gasteiger partial charge in [0.1, 0.15) is 5.15 Å². The molecule has 0 fully saturated rings. The highest BCUT2D eigenvalue weighted by Gasteiger charge is 2.36. The summed E-state index contributed by atoms with van der Waals surface area (Å²) in [5.74, 6) is 0. The first-order valence-corrected chi connectivity index (χ1v) is 4.56. The third kappa shape index (κ3) is 3.68. The van der Waals surface area contributed by atoms with Gasteiger partial charge in [-0.2, -0.15) is 13.2 Å². The standard InChI is InChI=1S/C9H9ClF3NO/c1-6(9(11,12)13)15-5-7-3-2-4-14-8(7)10/h2-4,6H,5H2,1H3. The minimum Gasteiger partial charge on any atom is -0.364 e. The Kier molecular flexibility index (Phi) is 3.93. The SMILES string of the molecule is CC(OCc1cccnc1Cl)C(F)(F)F. The minimum absolute atomic E-state index is 0.159. The van der Waals surface area contributed by atoms with Crippen molar-refractivity contribution in [3.8, 4) is 0 Å². The Morgan fingerprint density at radius 3 is 2.73 bits per heavy atom. The van der Waals surface area contributed by atoms with Crippen LogP contribution in [0.1, 0.15) is 12.5 Å². The first-order chi connectivity index (χ1) is 6.91. The van der Waals surface area contributed by atoms with Gasteiger partial charge in [-0.15, -0.1) is 0 Å². The van der Waals surface area contributed by atoms with Crippen molar-refractivity contribution in [1.82, 2.24) is 4.98 Å². The van der Waals surface area contributed by atoms with Crippen molar-refractivity contribution in [2.24, 2.45) is 0 Å². The second kappa shape index (κ2) is 4.81. The highest BCUT2D eigenvalue weighted by atomic mass is 35.5. The molecule has 0 radical (unpaired) electrons. The van der Waals surface area contributed by atoms with Gasteiger partial charge in [0.05, 0.1) is 6.61 Å². The smallest absolute Gasteiger partial charge is 0.364 e. The molecule has 1 rings (SSSR count). The monoisotopic (exact) mass is 239 g/mol. The molecule has 84 valence electrons. The van der Waals surface area contributed by atoms with Crippen LogP contribution in [0, 0.1) is 0 Å². The molecule has 15 heavy (non-hydrogen) atoms. The van der Waals surface area contributed by atoms with Crippen molar-refractivity contribution in [3.63, 3.8) is 0 Å². The lowest BCUT2D eigenvalue weighted by atomic mass is 10.3. The summed E-state index contributed by atoms with van der Waals surface area (Å²) in [4.78, 5) is 3.72. The van der Waals surface area contributed by atoms with Crippen LogP contribution in [0.5, 0.6) is 0 Å². The average molecular weight is 240 g/mol. The van der Waals surface area contributed by atoms with Gasteiger partial charge in [-0.05, 0) is 13.0 Å².